The van der Waals surface area contributed by atoms with Gasteiger partial charge in [-0.2, -0.15) is 0 Å². The van der Waals surface area contributed by atoms with E-state index in [1.165, 1.54) is 231 Å². The molecule has 0 aromatic carbocycles. The van der Waals surface area contributed by atoms with Gasteiger partial charge in [-0.1, -0.05) is 213 Å². The van der Waals surface area contributed by atoms with Gasteiger partial charge in [0.25, 0.3) is 0 Å². The van der Waals surface area contributed by atoms with Crippen molar-refractivity contribution in [2.75, 3.05) is 13.1 Å². The van der Waals surface area contributed by atoms with Crippen molar-refractivity contribution in [1.82, 2.24) is 9.80 Å². The molecule has 1 heterocycles. The van der Waals surface area contributed by atoms with Crippen molar-refractivity contribution < 1.29 is 0 Å². The first-order chi connectivity index (χ1) is 21.8. The van der Waals surface area contributed by atoms with E-state index in [2.05, 4.69) is 43.0 Å². The first kappa shape index (κ1) is 41.4. The molecule has 0 bridgehead atoms. The van der Waals surface area contributed by atoms with Crippen LogP contribution in [0.1, 0.15) is 239 Å². The van der Waals surface area contributed by atoms with Gasteiger partial charge in [-0.25, -0.2) is 0 Å². The van der Waals surface area contributed by atoms with E-state index in [4.69, 9.17) is 0 Å². The molecular weight excluding hydrogens is 532 g/mol. The van der Waals surface area contributed by atoms with Crippen LogP contribution in [0.15, 0.2) is 12.4 Å². The Hall–Kier alpha value is -0.660. The fourth-order valence-corrected chi connectivity index (χ4v) is 7.25. The van der Waals surface area contributed by atoms with Gasteiger partial charge in [0.05, 0.1) is 0 Å². The predicted molar refractivity (Wildman–Crippen MR) is 200 cm³/mol. The van der Waals surface area contributed by atoms with Crippen LogP contribution in [0.4, 0.5) is 0 Å². The Labute approximate surface area is 280 Å². The highest BCUT2D eigenvalue weighted by molar-refractivity contribution is 4.97. The quantitative estimate of drug-likeness (QED) is 0.0646. The summed E-state index contributed by atoms with van der Waals surface area (Å²) in [5, 5.41) is 0. The van der Waals surface area contributed by atoms with Crippen LogP contribution in [0, 0.1) is 0 Å². The molecule has 0 aromatic heterocycles. The lowest BCUT2D eigenvalue weighted by atomic mass is 10.0. The van der Waals surface area contributed by atoms with Gasteiger partial charge < -0.3 is 9.80 Å². The third kappa shape index (κ3) is 25.5. The van der Waals surface area contributed by atoms with Gasteiger partial charge in [0.15, 0.2) is 0 Å². The highest BCUT2D eigenvalue weighted by atomic mass is 15.4. The highest BCUT2D eigenvalue weighted by Crippen LogP contribution is 2.24. The zero-order chi connectivity index (χ0) is 31.6. The van der Waals surface area contributed by atoms with E-state index in [1.807, 2.05) is 0 Å². The van der Waals surface area contributed by atoms with Crippen LogP contribution in [0.5, 0.6) is 0 Å². The summed E-state index contributed by atoms with van der Waals surface area (Å²) in [4.78, 5) is 5.42. The van der Waals surface area contributed by atoms with Crippen LogP contribution in [0.2, 0.25) is 0 Å². The third-order valence-electron chi connectivity index (χ3n) is 10.3. The Morgan fingerprint density at radius 3 is 0.795 bits per heavy atom. The fourth-order valence-electron chi connectivity index (χ4n) is 7.25. The third-order valence-corrected chi connectivity index (χ3v) is 10.3. The molecular formula is C42H84N2. The Balaban J connectivity index is 2.13. The van der Waals surface area contributed by atoms with Crippen molar-refractivity contribution in [3.63, 3.8) is 0 Å². The largest absolute Gasteiger partial charge is 0.356 e. The van der Waals surface area contributed by atoms with E-state index >= 15 is 0 Å². The van der Waals surface area contributed by atoms with Crippen molar-refractivity contribution in [2.45, 2.75) is 245 Å². The molecule has 2 nitrogen and oxygen atoms in total. The molecule has 0 aromatic rings. The number of hydrogen-bond acceptors (Lipinski definition) is 2. The molecule has 44 heavy (non-hydrogen) atoms. The lowest BCUT2D eigenvalue weighted by Crippen LogP contribution is -2.39. The zero-order valence-electron chi connectivity index (χ0n) is 31.1. The Bertz CT molecular complexity index is 572. The van der Waals surface area contributed by atoms with E-state index in [1.54, 1.807) is 0 Å². The minimum atomic E-state index is 0.639. The molecule has 1 aliphatic rings. The number of rotatable bonds is 36. The molecule has 2 heteroatoms. The maximum absolute atomic E-state index is 2.72. The smallest absolute Gasteiger partial charge is 0.101 e. The van der Waals surface area contributed by atoms with Crippen LogP contribution < -0.4 is 0 Å². The van der Waals surface area contributed by atoms with Gasteiger partial charge >= 0.3 is 0 Å². The number of unbranched alkanes of at least 4 members (excludes halogenated alkanes) is 30. The van der Waals surface area contributed by atoms with E-state index in [-0.39, 0.29) is 0 Å². The first-order valence-electron chi connectivity index (χ1n) is 21.0. The molecule has 262 valence electrons. The van der Waals surface area contributed by atoms with Crippen molar-refractivity contribution >= 4 is 0 Å². The summed E-state index contributed by atoms with van der Waals surface area (Å²) in [7, 11) is 0. The molecule has 1 atom stereocenters. The lowest BCUT2D eigenvalue weighted by molar-refractivity contribution is 0.135. The second-order valence-corrected chi connectivity index (χ2v) is 14.6. The molecule has 1 aliphatic heterocycles. The van der Waals surface area contributed by atoms with Crippen LogP contribution in [0.3, 0.4) is 0 Å². The molecule has 0 aliphatic carbocycles. The lowest BCUT2D eigenvalue weighted by Gasteiger charge is -2.33. The van der Waals surface area contributed by atoms with E-state index in [9.17, 15) is 0 Å². The Kier molecular flexibility index (Phi) is 31.7. The average molecular weight is 617 g/mol. The van der Waals surface area contributed by atoms with Crippen LogP contribution in [-0.2, 0) is 0 Å². The summed E-state index contributed by atoms with van der Waals surface area (Å²) in [5.41, 5.74) is 0. The minimum absolute atomic E-state index is 0.639. The number of nitrogens with zero attached hydrogens (tertiary/aromatic N) is 2. The Morgan fingerprint density at radius 2 is 0.523 bits per heavy atom. The summed E-state index contributed by atoms with van der Waals surface area (Å²) in [6.07, 6.45) is 54.4. The molecule has 1 rings (SSSR count). The van der Waals surface area contributed by atoms with Gasteiger partial charge in [-0.05, 0) is 25.7 Å². The maximum Gasteiger partial charge on any atom is 0.101 e. The second-order valence-electron chi connectivity index (χ2n) is 14.6. The molecule has 0 saturated heterocycles. The molecule has 1 unspecified atom stereocenters. The molecule has 0 fully saturated rings. The van der Waals surface area contributed by atoms with Gasteiger partial charge in [0.1, 0.15) is 6.17 Å². The summed E-state index contributed by atoms with van der Waals surface area (Å²) >= 11 is 0. The van der Waals surface area contributed by atoms with Crippen molar-refractivity contribution in [3.8, 4) is 0 Å². The van der Waals surface area contributed by atoms with Crippen molar-refractivity contribution in [2.24, 2.45) is 0 Å². The summed E-state index contributed by atoms with van der Waals surface area (Å²) < 4.78 is 0. The second kappa shape index (κ2) is 33.7. The monoisotopic (exact) mass is 617 g/mol. The van der Waals surface area contributed by atoms with E-state index in [0.717, 1.165) is 0 Å². The highest BCUT2D eigenvalue weighted by Gasteiger charge is 2.24. The van der Waals surface area contributed by atoms with Gasteiger partial charge in [0.2, 0.25) is 0 Å². The summed E-state index contributed by atoms with van der Waals surface area (Å²) in [6, 6.07) is 0. The molecule has 0 radical (unpaired) electrons. The number of hydrogen-bond donors (Lipinski definition) is 0. The molecule has 0 saturated carbocycles. The van der Waals surface area contributed by atoms with Crippen LogP contribution >= 0.6 is 0 Å². The van der Waals surface area contributed by atoms with Gasteiger partial charge in [-0.15, -0.1) is 0 Å². The van der Waals surface area contributed by atoms with Gasteiger partial charge in [-0.3, -0.25) is 0 Å². The average Bonchev–Trinajstić information content (AvgIpc) is 3.42. The van der Waals surface area contributed by atoms with Crippen LogP contribution in [-0.4, -0.2) is 29.1 Å². The topological polar surface area (TPSA) is 6.48 Å². The Morgan fingerprint density at radius 1 is 0.295 bits per heavy atom. The van der Waals surface area contributed by atoms with E-state index in [0.29, 0.717) is 6.17 Å². The molecule has 0 N–H and O–H groups in total. The normalized spacial score (nSPS) is 14.8. The zero-order valence-corrected chi connectivity index (χ0v) is 31.1. The van der Waals surface area contributed by atoms with Crippen molar-refractivity contribution in [3.05, 3.63) is 12.4 Å². The van der Waals surface area contributed by atoms with Gasteiger partial charge in [0, 0.05) is 25.5 Å². The van der Waals surface area contributed by atoms with Crippen molar-refractivity contribution in [1.29, 1.82) is 0 Å². The van der Waals surface area contributed by atoms with Crippen LogP contribution in [0.25, 0.3) is 0 Å². The molecule has 0 spiro atoms. The predicted octanol–water partition coefficient (Wildman–Crippen LogP) is 14.7. The summed E-state index contributed by atoms with van der Waals surface area (Å²) in [6.45, 7) is 9.48. The van der Waals surface area contributed by atoms with E-state index < -0.39 is 0 Å². The minimum Gasteiger partial charge on any atom is -0.356 e. The molecule has 0 amide bonds. The standard InChI is InChI=1S/C42H84N2/c1-4-7-10-13-15-17-19-21-23-25-27-29-31-34-37-42-43(38-35-32-12-9-6-3)40-41-44(42)39-36-33-30-28-26-24-22-20-18-16-14-11-8-5-2/h40-42H,4-39H2,1-3H3. The fraction of sp³-hybridized carbons (Fsp3) is 0.952. The SMILES string of the molecule is CCCCCCCCCCCCCCCCC1N(CCCCCCC)C=CN1CCCCCCCCCCCCCCCC. The maximum atomic E-state index is 2.72. The first-order valence-corrected chi connectivity index (χ1v) is 21.0. The summed E-state index contributed by atoms with van der Waals surface area (Å²) in [5.74, 6) is 0.